The number of unbranched alkanes of at least 4 members (excludes halogenated alkanes) is 2. The van der Waals surface area contributed by atoms with Crippen molar-refractivity contribution in [3.8, 4) is 5.75 Å². The second-order valence-corrected chi connectivity index (χ2v) is 6.25. The fourth-order valence-corrected chi connectivity index (χ4v) is 2.77. The zero-order valence-corrected chi connectivity index (χ0v) is 13.9. The molecule has 22 heavy (non-hydrogen) atoms. The molecule has 0 fully saturated rings. The van der Waals surface area contributed by atoms with Gasteiger partial charge in [-0.25, -0.2) is 0 Å². The van der Waals surface area contributed by atoms with Gasteiger partial charge in [0, 0.05) is 11.4 Å². The van der Waals surface area contributed by atoms with Gasteiger partial charge in [-0.05, 0) is 24.6 Å². The lowest BCUT2D eigenvalue weighted by Crippen LogP contribution is -2.20. The van der Waals surface area contributed by atoms with Crippen LogP contribution in [0.3, 0.4) is 0 Å². The van der Waals surface area contributed by atoms with Gasteiger partial charge in [-0.15, -0.1) is 10.2 Å². The third-order valence-electron chi connectivity index (χ3n) is 2.87. The third kappa shape index (κ3) is 5.61. The first kappa shape index (κ1) is 16.7. The number of halogens is 1. The molecule has 0 aliphatic heterocycles. The van der Waals surface area contributed by atoms with Crippen LogP contribution < -0.4 is 10.1 Å². The molecule has 1 amide bonds. The van der Waals surface area contributed by atoms with E-state index in [2.05, 4.69) is 22.4 Å². The molecule has 0 radical (unpaired) electrons. The zero-order valence-electron chi connectivity index (χ0n) is 12.3. The maximum atomic E-state index is 11.8. The number of rotatable bonds is 8. The number of hydrogen-bond acceptors (Lipinski definition) is 5. The number of carbonyl (C=O) groups excluding carboxylic acids is 1. The first-order valence-corrected chi connectivity index (χ1v) is 8.37. The average molecular weight is 340 g/mol. The van der Waals surface area contributed by atoms with Crippen LogP contribution in [0.1, 0.15) is 31.2 Å². The van der Waals surface area contributed by atoms with Gasteiger partial charge in [0.05, 0.1) is 0 Å². The first-order valence-electron chi connectivity index (χ1n) is 7.18. The highest BCUT2D eigenvalue weighted by Gasteiger charge is 2.09. The van der Waals surface area contributed by atoms with Crippen LogP contribution in [0.25, 0.3) is 0 Å². The Labute approximate surface area is 138 Å². The molecule has 1 N–H and O–H groups in total. The van der Waals surface area contributed by atoms with Gasteiger partial charge in [0.1, 0.15) is 10.8 Å². The minimum atomic E-state index is -0.267. The summed E-state index contributed by atoms with van der Waals surface area (Å²) in [5, 5.41) is 12.7. The largest absolute Gasteiger partial charge is 0.484 e. The van der Waals surface area contributed by atoms with Gasteiger partial charge < -0.3 is 4.74 Å². The Bertz CT molecular complexity index is 618. The summed E-state index contributed by atoms with van der Waals surface area (Å²) >= 11 is 7.25. The van der Waals surface area contributed by atoms with Crippen LogP contribution in [0.2, 0.25) is 5.02 Å². The standard InChI is InChI=1S/C15H18ClN3O2S/c1-2-3-4-8-14-18-19-15(22-14)17-13(20)10-21-12-7-5-6-11(16)9-12/h5-7,9H,2-4,8,10H2,1H3,(H,17,19,20). The first-order chi connectivity index (χ1) is 10.7. The predicted octanol–water partition coefficient (Wildman–Crippen LogP) is 3.94. The fraction of sp³-hybridized carbons (Fsp3) is 0.400. The van der Waals surface area contributed by atoms with E-state index in [0.717, 1.165) is 17.8 Å². The molecule has 1 aromatic heterocycles. The van der Waals surface area contributed by atoms with E-state index in [1.165, 1.54) is 24.2 Å². The average Bonchev–Trinajstić information content (AvgIpc) is 2.93. The van der Waals surface area contributed by atoms with Crippen molar-refractivity contribution in [3.63, 3.8) is 0 Å². The summed E-state index contributed by atoms with van der Waals surface area (Å²) in [6, 6.07) is 6.92. The topological polar surface area (TPSA) is 64.1 Å². The van der Waals surface area contributed by atoms with Crippen molar-refractivity contribution in [2.45, 2.75) is 32.6 Å². The zero-order chi connectivity index (χ0) is 15.8. The Hall–Kier alpha value is -1.66. The summed E-state index contributed by atoms with van der Waals surface area (Å²) in [4.78, 5) is 11.8. The van der Waals surface area contributed by atoms with E-state index in [4.69, 9.17) is 16.3 Å². The van der Waals surface area contributed by atoms with E-state index in [-0.39, 0.29) is 12.5 Å². The SMILES string of the molecule is CCCCCc1nnc(NC(=O)COc2cccc(Cl)c2)s1. The molecule has 0 saturated heterocycles. The van der Waals surface area contributed by atoms with Crippen molar-refractivity contribution in [2.24, 2.45) is 0 Å². The summed E-state index contributed by atoms with van der Waals surface area (Å²) in [6.45, 7) is 2.07. The number of nitrogens with one attached hydrogen (secondary N) is 1. The highest BCUT2D eigenvalue weighted by atomic mass is 35.5. The molecule has 118 valence electrons. The fourth-order valence-electron chi connectivity index (χ4n) is 1.79. The van der Waals surface area contributed by atoms with Gasteiger partial charge in [-0.3, -0.25) is 10.1 Å². The Kier molecular flexibility index (Phi) is 6.61. The van der Waals surface area contributed by atoms with Crippen molar-refractivity contribution < 1.29 is 9.53 Å². The minimum absolute atomic E-state index is 0.0922. The van der Waals surface area contributed by atoms with E-state index < -0.39 is 0 Å². The van der Waals surface area contributed by atoms with Crippen molar-refractivity contribution in [1.82, 2.24) is 10.2 Å². The molecule has 7 heteroatoms. The van der Waals surface area contributed by atoms with Crippen LogP contribution in [0.5, 0.6) is 5.75 Å². The lowest BCUT2D eigenvalue weighted by molar-refractivity contribution is -0.118. The lowest BCUT2D eigenvalue weighted by Gasteiger charge is -2.05. The van der Waals surface area contributed by atoms with Gasteiger partial charge in [0.25, 0.3) is 5.91 Å². The molecule has 5 nitrogen and oxygen atoms in total. The molecular formula is C15H18ClN3O2S. The summed E-state index contributed by atoms with van der Waals surface area (Å²) < 4.78 is 5.37. The number of carbonyl (C=O) groups is 1. The molecule has 0 bridgehead atoms. The van der Waals surface area contributed by atoms with Crippen LogP contribution in [0, 0.1) is 0 Å². The molecule has 0 unspecified atom stereocenters. The summed E-state index contributed by atoms with van der Waals surface area (Å²) in [7, 11) is 0. The van der Waals surface area contributed by atoms with Crippen LogP contribution in [0.4, 0.5) is 5.13 Å². The Balaban J connectivity index is 1.77. The van der Waals surface area contributed by atoms with Crippen LogP contribution in [-0.4, -0.2) is 22.7 Å². The normalized spacial score (nSPS) is 10.5. The molecular weight excluding hydrogens is 322 g/mol. The molecule has 1 aromatic carbocycles. The predicted molar refractivity (Wildman–Crippen MR) is 88.7 cm³/mol. The second kappa shape index (κ2) is 8.70. The van der Waals surface area contributed by atoms with Crippen molar-refractivity contribution >= 4 is 34.0 Å². The number of nitrogens with zero attached hydrogens (tertiary/aromatic N) is 2. The lowest BCUT2D eigenvalue weighted by atomic mass is 10.2. The van der Waals surface area contributed by atoms with Gasteiger partial charge in [-0.2, -0.15) is 0 Å². The summed E-state index contributed by atoms with van der Waals surface area (Å²) in [5.74, 6) is 0.288. The van der Waals surface area contributed by atoms with Crippen molar-refractivity contribution in [2.75, 3.05) is 11.9 Å². The van der Waals surface area contributed by atoms with E-state index in [1.807, 2.05) is 0 Å². The quantitative estimate of drug-likeness (QED) is 0.740. The molecule has 1 heterocycles. The second-order valence-electron chi connectivity index (χ2n) is 4.75. The van der Waals surface area contributed by atoms with E-state index in [1.54, 1.807) is 24.3 Å². The Morgan fingerprint density at radius 2 is 2.23 bits per heavy atom. The molecule has 2 aromatic rings. The van der Waals surface area contributed by atoms with Crippen molar-refractivity contribution in [1.29, 1.82) is 0 Å². The smallest absolute Gasteiger partial charge is 0.264 e. The van der Waals surface area contributed by atoms with E-state index >= 15 is 0 Å². The number of benzene rings is 1. The Morgan fingerprint density at radius 3 is 3.00 bits per heavy atom. The molecule has 2 rings (SSSR count). The molecule has 0 saturated carbocycles. The highest BCUT2D eigenvalue weighted by molar-refractivity contribution is 7.15. The highest BCUT2D eigenvalue weighted by Crippen LogP contribution is 2.19. The van der Waals surface area contributed by atoms with Gasteiger partial charge >= 0.3 is 0 Å². The molecule has 0 atom stereocenters. The van der Waals surface area contributed by atoms with E-state index in [9.17, 15) is 4.79 Å². The number of hydrogen-bond donors (Lipinski definition) is 1. The third-order valence-corrected chi connectivity index (χ3v) is 4.01. The van der Waals surface area contributed by atoms with E-state index in [0.29, 0.717) is 15.9 Å². The molecule has 0 aliphatic rings. The van der Waals surface area contributed by atoms with Gasteiger partial charge in [0.2, 0.25) is 5.13 Å². The maximum absolute atomic E-state index is 11.8. The summed E-state index contributed by atoms with van der Waals surface area (Å²) in [6.07, 6.45) is 4.34. The minimum Gasteiger partial charge on any atom is -0.484 e. The maximum Gasteiger partial charge on any atom is 0.264 e. The van der Waals surface area contributed by atoms with Crippen molar-refractivity contribution in [3.05, 3.63) is 34.3 Å². The van der Waals surface area contributed by atoms with Crippen LogP contribution in [-0.2, 0) is 11.2 Å². The number of ether oxygens (including phenoxy) is 1. The number of aromatic nitrogens is 2. The number of aryl methyl sites for hydroxylation is 1. The molecule has 0 spiro atoms. The monoisotopic (exact) mass is 339 g/mol. The number of amides is 1. The molecule has 0 aliphatic carbocycles. The van der Waals surface area contributed by atoms with Crippen LogP contribution >= 0.6 is 22.9 Å². The number of anilines is 1. The Morgan fingerprint density at radius 1 is 1.36 bits per heavy atom. The van der Waals surface area contributed by atoms with Gasteiger partial charge in [0.15, 0.2) is 6.61 Å². The van der Waals surface area contributed by atoms with Crippen LogP contribution in [0.15, 0.2) is 24.3 Å². The summed E-state index contributed by atoms with van der Waals surface area (Å²) in [5.41, 5.74) is 0. The van der Waals surface area contributed by atoms with Gasteiger partial charge in [-0.1, -0.05) is 48.8 Å².